The van der Waals surface area contributed by atoms with E-state index in [0.717, 1.165) is 5.69 Å². The van der Waals surface area contributed by atoms with E-state index in [9.17, 15) is 4.79 Å². The van der Waals surface area contributed by atoms with Crippen LogP contribution in [0.2, 0.25) is 0 Å². The van der Waals surface area contributed by atoms with Gasteiger partial charge in [0.05, 0.1) is 6.54 Å². The number of nitrogens with zero attached hydrogens (tertiary/aromatic N) is 3. The van der Waals surface area contributed by atoms with Gasteiger partial charge in [-0.2, -0.15) is 4.98 Å². The smallest absolute Gasteiger partial charge is 0.236 e. The molecule has 15 heavy (non-hydrogen) atoms. The number of nitrogens with two attached hydrogens (primary N) is 1. The van der Waals surface area contributed by atoms with Crippen molar-refractivity contribution >= 4 is 17.7 Å². The summed E-state index contributed by atoms with van der Waals surface area (Å²) < 4.78 is 0. The van der Waals surface area contributed by atoms with Crippen molar-refractivity contribution in [3.05, 3.63) is 11.8 Å². The molecule has 0 spiro atoms. The molecule has 6 nitrogen and oxygen atoms in total. The van der Waals surface area contributed by atoms with Crippen LogP contribution in [0.5, 0.6) is 0 Å². The van der Waals surface area contributed by atoms with Crippen LogP contribution in [0.15, 0.2) is 6.07 Å². The van der Waals surface area contributed by atoms with E-state index >= 15 is 0 Å². The number of nitrogens with one attached hydrogen (secondary N) is 1. The highest BCUT2D eigenvalue weighted by Gasteiger charge is 2.07. The third-order valence-electron chi connectivity index (χ3n) is 1.85. The fraction of sp³-hybridized carbons (Fsp3) is 0.444. The van der Waals surface area contributed by atoms with Crippen LogP contribution in [-0.2, 0) is 4.79 Å². The topological polar surface area (TPSA) is 84.1 Å². The van der Waals surface area contributed by atoms with Gasteiger partial charge in [-0.3, -0.25) is 4.79 Å². The molecule has 1 amide bonds. The first-order valence-corrected chi connectivity index (χ1v) is 4.56. The number of hydrogen-bond donors (Lipinski definition) is 2. The number of carbonyl (C=O) groups is 1. The summed E-state index contributed by atoms with van der Waals surface area (Å²) in [6.45, 7) is 2.00. The number of hydrogen-bond acceptors (Lipinski definition) is 5. The Kier molecular flexibility index (Phi) is 3.43. The molecular formula is C9H15N5O. The zero-order chi connectivity index (χ0) is 11.4. The molecular weight excluding hydrogens is 194 g/mol. The van der Waals surface area contributed by atoms with Crippen LogP contribution in [0, 0.1) is 6.92 Å². The molecule has 0 radical (unpaired) electrons. The maximum atomic E-state index is 10.7. The van der Waals surface area contributed by atoms with E-state index in [-0.39, 0.29) is 12.5 Å². The number of aryl methyl sites for hydroxylation is 1. The predicted octanol–water partition coefficient (Wildman–Crippen LogP) is -0.252. The van der Waals surface area contributed by atoms with E-state index in [0.29, 0.717) is 11.8 Å². The molecule has 1 heterocycles. The minimum Gasteiger partial charge on any atom is -0.368 e. The monoisotopic (exact) mass is 209 g/mol. The minimum absolute atomic E-state index is 0.138. The van der Waals surface area contributed by atoms with Gasteiger partial charge in [0, 0.05) is 25.9 Å². The minimum atomic E-state index is -0.389. The highest BCUT2D eigenvalue weighted by atomic mass is 16.1. The maximum absolute atomic E-state index is 10.7. The molecule has 0 aliphatic heterocycles. The number of anilines is 2. The van der Waals surface area contributed by atoms with Gasteiger partial charge in [-0.25, -0.2) is 4.98 Å². The van der Waals surface area contributed by atoms with E-state index in [4.69, 9.17) is 5.73 Å². The molecule has 6 heteroatoms. The molecule has 0 saturated heterocycles. The number of amides is 1. The van der Waals surface area contributed by atoms with E-state index < -0.39 is 0 Å². The largest absolute Gasteiger partial charge is 0.368 e. The van der Waals surface area contributed by atoms with E-state index in [1.165, 1.54) is 0 Å². The lowest BCUT2D eigenvalue weighted by Gasteiger charge is -2.16. The normalized spacial score (nSPS) is 9.80. The van der Waals surface area contributed by atoms with Crippen LogP contribution in [0.1, 0.15) is 5.69 Å². The van der Waals surface area contributed by atoms with Crippen LogP contribution in [0.4, 0.5) is 11.8 Å². The highest BCUT2D eigenvalue weighted by molar-refractivity contribution is 5.79. The lowest BCUT2D eigenvalue weighted by Crippen LogP contribution is -2.31. The molecule has 0 aliphatic rings. The van der Waals surface area contributed by atoms with Crippen LogP contribution in [0.25, 0.3) is 0 Å². The first kappa shape index (κ1) is 11.2. The summed E-state index contributed by atoms with van der Waals surface area (Å²) >= 11 is 0. The fourth-order valence-corrected chi connectivity index (χ4v) is 1.17. The molecule has 3 N–H and O–H groups in total. The number of carbonyl (C=O) groups excluding carboxylic acids is 1. The third-order valence-corrected chi connectivity index (χ3v) is 1.85. The van der Waals surface area contributed by atoms with Gasteiger partial charge in [0.1, 0.15) is 5.82 Å². The molecule has 1 aromatic heterocycles. The summed E-state index contributed by atoms with van der Waals surface area (Å²) in [4.78, 5) is 20.8. The van der Waals surface area contributed by atoms with Crippen molar-refractivity contribution in [3.63, 3.8) is 0 Å². The van der Waals surface area contributed by atoms with Crippen LogP contribution in [0.3, 0.4) is 0 Å². The zero-order valence-electron chi connectivity index (χ0n) is 9.11. The van der Waals surface area contributed by atoms with Gasteiger partial charge >= 0.3 is 0 Å². The van der Waals surface area contributed by atoms with E-state index in [2.05, 4.69) is 15.3 Å². The summed E-state index contributed by atoms with van der Waals surface area (Å²) in [5, 5.41) is 2.85. The lowest BCUT2D eigenvalue weighted by atomic mass is 10.4. The lowest BCUT2D eigenvalue weighted by molar-refractivity contribution is -0.116. The van der Waals surface area contributed by atoms with Gasteiger partial charge in [0.25, 0.3) is 0 Å². The van der Waals surface area contributed by atoms with Crippen LogP contribution < -0.4 is 16.0 Å². The van der Waals surface area contributed by atoms with Crippen molar-refractivity contribution in [1.29, 1.82) is 0 Å². The summed E-state index contributed by atoms with van der Waals surface area (Å²) in [5.41, 5.74) is 5.93. The van der Waals surface area contributed by atoms with Crippen molar-refractivity contribution in [2.75, 3.05) is 30.9 Å². The second-order valence-electron chi connectivity index (χ2n) is 3.26. The molecule has 0 unspecified atom stereocenters. The molecule has 82 valence electrons. The van der Waals surface area contributed by atoms with Gasteiger partial charge in [0.2, 0.25) is 11.9 Å². The number of likely N-dealkylation sites (N-methyl/N-ethyl adjacent to an activating group) is 1. The Morgan fingerprint density at radius 1 is 1.60 bits per heavy atom. The van der Waals surface area contributed by atoms with Crippen LogP contribution >= 0.6 is 0 Å². The Bertz CT molecular complexity index is 366. The second-order valence-corrected chi connectivity index (χ2v) is 3.26. The first-order valence-electron chi connectivity index (χ1n) is 4.56. The van der Waals surface area contributed by atoms with Crippen molar-refractivity contribution in [3.8, 4) is 0 Å². The Morgan fingerprint density at radius 3 is 2.80 bits per heavy atom. The highest BCUT2D eigenvalue weighted by Crippen LogP contribution is 2.12. The molecule has 1 aromatic rings. The predicted molar refractivity (Wildman–Crippen MR) is 58.8 cm³/mol. The Morgan fingerprint density at radius 2 is 2.27 bits per heavy atom. The zero-order valence-corrected chi connectivity index (χ0v) is 9.11. The average Bonchev–Trinajstić information content (AvgIpc) is 2.15. The Hall–Kier alpha value is -1.85. The summed E-state index contributed by atoms with van der Waals surface area (Å²) in [6.07, 6.45) is 0. The van der Waals surface area contributed by atoms with Crippen molar-refractivity contribution in [2.24, 2.45) is 5.73 Å². The molecule has 0 aliphatic carbocycles. The third kappa shape index (κ3) is 3.08. The molecule has 0 atom stereocenters. The SMILES string of the molecule is CNc1nc(C)cc(N(C)CC(N)=O)n1. The van der Waals surface area contributed by atoms with Gasteiger partial charge in [-0.05, 0) is 6.92 Å². The molecule has 0 saturated carbocycles. The quantitative estimate of drug-likeness (QED) is 0.714. The summed E-state index contributed by atoms with van der Waals surface area (Å²) in [6, 6.07) is 1.80. The second kappa shape index (κ2) is 4.59. The number of aromatic nitrogens is 2. The van der Waals surface area contributed by atoms with Crippen molar-refractivity contribution < 1.29 is 4.79 Å². The summed E-state index contributed by atoms with van der Waals surface area (Å²) in [7, 11) is 3.50. The summed E-state index contributed by atoms with van der Waals surface area (Å²) in [5.74, 6) is 0.812. The van der Waals surface area contributed by atoms with Crippen molar-refractivity contribution in [1.82, 2.24) is 9.97 Å². The van der Waals surface area contributed by atoms with E-state index in [1.54, 1.807) is 25.1 Å². The van der Waals surface area contributed by atoms with Crippen LogP contribution in [-0.4, -0.2) is 36.5 Å². The Labute approximate surface area is 88.5 Å². The molecule has 1 rings (SSSR count). The molecule has 0 aromatic carbocycles. The number of primary amides is 1. The van der Waals surface area contributed by atoms with E-state index in [1.807, 2.05) is 6.92 Å². The Balaban J connectivity index is 2.92. The average molecular weight is 209 g/mol. The maximum Gasteiger partial charge on any atom is 0.236 e. The van der Waals surface area contributed by atoms with Gasteiger partial charge in [-0.1, -0.05) is 0 Å². The standard InChI is InChI=1S/C9H15N5O/c1-6-4-8(13-9(11-2)12-6)14(3)5-7(10)15/h4H,5H2,1-3H3,(H2,10,15)(H,11,12,13). The van der Waals surface area contributed by atoms with Gasteiger partial charge in [0.15, 0.2) is 0 Å². The van der Waals surface area contributed by atoms with Gasteiger partial charge in [-0.15, -0.1) is 0 Å². The first-order chi connectivity index (χ1) is 7.02. The molecule has 0 fully saturated rings. The fourth-order valence-electron chi connectivity index (χ4n) is 1.17. The molecule has 0 bridgehead atoms. The van der Waals surface area contributed by atoms with Gasteiger partial charge < -0.3 is 16.0 Å². The van der Waals surface area contributed by atoms with Crippen molar-refractivity contribution in [2.45, 2.75) is 6.92 Å². The number of rotatable bonds is 4.